The van der Waals surface area contributed by atoms with Crippen molar-refractivity contribution >= 4 is 73.1 Å². The Morgan fingerprint density at radius 1 is 0.521 bits per heavy atom. The molecule has 2 aromatic heterocycles. The predicted molar refractivity (Wildman–Crippen MR) is 200 cm³/mol. The number of imidazole rings is 1. The molecule has 0 aliphatic carbocycles. The van der Waals surface area contributed by atoms with Crippen molar-refractivity contribution in [2.24, 2.45) is 0 Å². The van der Waals surface area contributed by atoms with Crippen molar-refractivity contribution in [1.29, 1.82) is 0 Å². The van der Waals surface area contributed by atoms with Gasteiger partial charge in [-0.1, -0.05) is 121 Å². The van der Waals surface area contributed by atoms with E-state index in [0.29, 0.717) is 0 Å². The van der Waals surface area contributed by atoms with Gasteiger partial charge in [-0.2, -0.15) is 0 Å². The molecule has 10 rings (SSSR count). The lowest BCUT2D eigenvalue weighted by atomic mass is 9.35. The largest absolute Gasteiger partial charge is 0.455 e. The van der Waals surface area contributed by atoms with E-state index in [0.717, 1.165) is 61.4 Å². The van der Waals surface area contributed by atoms with Crippen molar-refractivity contribution in [1.82, 2.24) is 9.55 Å². The molecule has 1 aliphatic rings. The molecule has 4 nitrogen and oxygen atoms in total. The van der Waals surface area contributed by atoms with Crippen LogP contribution in [0.25, 0.3) is 50.0 Å². The first-order valence-corrected chi connectivity index (χ1v) is 16.3. The molecule has 9 aromatic rings. The number of furan rings is 1. The molecule has 48 heavy (non-hydrogen) atoms. The lowest BCUT2D eigenvalue weighted by molar-refractivity contribution is 0.669. The summed E-state index contributed by atoms with van der Waals surface area (Å²) in [5.41, 5.74) is 12.9. The van der Waals surface area contributed by atoms with E-state index in [9.17, 15) is 0 Å². The molecule has 0 bridgehead atoms. The lowest BCUT2D eigenvalue weighted by Crippen LogP contribution is -2.57. The Morgan fingerprint density at radius 3 is 2.02 bits per heavy atom. The molecular weight excluding hydrogens is 585 g/mol. The minimum atomic E-state index is 0.0668. The summed E-state index contributed by atoms with van der Waals surface area (Å²) in [6, 6.07) is 60.1. The van der Waals surface area contributed by atoms with Gasteiger partial charge in [0.25, 0.3) is 0 Å². The predicted octanol–water partition coefficient (Wildman–Crippen LogP) is 8.89. The highest BCUT2D eigenvalue weighted by Gasteiger charge is 2.36. The van der Waals surface area contributed by atoms with Crippen LogP contribution in [-0.2, 0) is 0 Å². The van der Waals surface area contributed by atoms with E-state index in [-0.39, 0.29) is 6.71 Å². The maximum atomic E-state index is 6.92. The quantitative estimate of drug-likeness (QED) is 0.186. The van der Waals surface area contributed by atoms with Crippen molar-refractivity contribution in [3.8, 4) is 17.1 Å². The SMILES string of the molecule is c1ccc(B2c3ccccc3N(c3ccccc3)c3cc4oc5c(-c6nc7ccccc7n6-c6ccccc6)cccc5c4cc32)cc1. The Bertz CT molecular complexity index is 2630. The second kappa shape index (κ2) is 10.6. The summed E-state index contributed by atoms with van der Waals surface area (Å²) in [6.45, 7) is 0.0668. The number of aromatic nitrogens is 2. The molecule has 0 radical (unpaired) electrons. The Kier molecular flexibility index (Phi) is 5.94. The van der Waals surface area contributed by atoms with Crippen LogP contribution in [0, 0.1) is 0 Å². The van der Waals surface area contributed by atoms with Gasteiger partial charge in [0, 0.05) is 39.6 Å². The number of fused-ring (bicyclic) bond motifs is 6. The molecule has 0 amide bonds. The number of anilines is 3. The first kappa shape index (κ1) is 26.8. The Labute approximate surface area is 278 Å². The third-order valence-electron chi connectivity index (χ3n) is 9.65. The number of benzene rings is 7. The average molecular weight is 614 g/mol. The normalized spacial score (nSPS) is 12.5. The van der Waals surface area contributed by atoms with E-state index in [1.807, 2.05) is 12.1 Å². The fourth-order valence-electron chi connectivity index (χ4n) is 7.59. The minimum Gasteiger partial charge on any atom is -0.455 e. The molecule has 0 saturated carbocycles. The molecule has 0 atom stereocenters. The molecule has 224 valence electrons. The summed E-state index contributed by atoms with van der Waals surface area (Å²) in [5.74, 6) is 0.859. The van der Waals surface area contributed by atoms with Crippen LogP contribution in [-0.4, -0.2) is 16.3 Å². The van der Waals surface area contributed by atoms with Crippen molar-refractivity contribution in [3.63, 3.8) is 0 Å². The Morgan fingerprint density at radius 2 is 1.21 bits per heavy atom. The average Bonchev–Trinajstić information content (AvgIpc) is 3.72. The maximum Gasteiger partial charge on any atom is 0.246 e. The number of para-hydroxylation sites is 6. The zero-order valence-electron chi connectivity index (χ0n) is 26.0. The minimum absolute atomic E-state index is 0.0668. The van der Waals surface area contributed by atoms with Crippen LogP contribution < -0.4 is 21.3 Å². The highest BCUT2D eigenvalue weighted by Crippen LogP contribution is 2.42. The summed E-state index contributed by atoms with van der Waals surface area (Å²) >= 11 is 0. The Balaban J connectivity index is 1.26. The summed E-state index contributed by atoms with van der Waals surface area (Å²) in [7, 11) is 0. The van der Waals surface area contributed by atoms with Gasteiger partial charge in [-0.25, -0.2) is 4.98 Å². The molecule has 3 heterocycles. The third kappa shape index (κ3) is 4.01. The van der Waals surface area contributed by atoms with Crippen LogP contribution in [0.5, 0.6) is 0 Å². The van der Waals surface area contributed by atoms with Crippen LogP contribution in [0.4, 0.5) is 17.1 Å². The zero-order valence-corrected chi connectivity index (χ0v) is 26.0. The first-order valence-electron chi connectivity index (χ1n) is 16.3. The molecule has 5 heteroatoms. The number of hydrogen-bond acceptors (Lipinski definition) is 3. The van der Waals surface area contributed by atoms with Gasteiger partial charge in [-0.05, 0) is 59.5 Å². The van der Waals surface area contributed by atoms with Gasteiger partial charge in [0.2, 0.25) is 6.71 Å². The molecule has 0 spiro atoms. The lowest BCUT2D eigenvalue weighted by Gasteiger charge is -2.37. The van der Waals surface area contributed by atoms with Crippen LogP contribution in [0.15, 0.2) is 174 Å². The first-order chi connectivity index (χ1) is 23.8. The highest BCUT2D eigenvalue weighted by molar-refractivity contribution is 6.98. The van der Waals surface area contributed by atoms with Crippen LogP contribution in [0.3, 0.4) is 0 Å². The van der Waals surface area contributed by atoms with Crippen molar-refractivity contribution < 1.29 is 4.42 Å². The summed E-state index contributed by atoms with van der Waals surface area (Å²) < 4.78 is 9.16. The summed E-state index contributed by atoms with van der Waals surface area (Å²) in [4.78, 5) is 7.56. The van der Waals surface area contributed by atoms with Gasteiger partial charge in [0.1, 0.15) is 17.0 Å². The van der Waals surface area contributed by atoms with E-state index < -0.39 is 0 Å². The van der Waals surface area contributed by atoms with E-state index >= 15 is 0 Å². The van der Waals surface area contributed by atoms with Gasteiger partial charge in [0.15, 0.2) is 0 Å². The molecular formula is C43H28BN3O. The fourth-order valence-corrected chi connectivity index (χ4v) is 7.59. The second-order valence-corrected chi connectivity index (χ2v) is 12.4. The third-order valence-corrected chi connectivity index (χ3v) is 9.65. The maximum absolute atomic E-state index is 6.92. The second-order valence-electron chi connectivity index (χ2n) is 12.4. The molecule has 0 unspecified atom stereocenters. The fraction of sp³-hybridized carbons (Fsp3) is 0. The highest BCUT2D eigenvalue weighted by atomic mass is 16.3. The van der Waals surface area contributed by atoms with Gasteiger partial charge in [0.05, 0.1) is 16.6 Å². The number of nitrogens with zero attached hydrogens (tertiary/aromatic N) is 3. The smallest absolute Gasteiger partial charge is 0.246 e. The number of hydrogen-bond donors (Lipinski definition) is 0. The van der Waals surface area contributed by atoms with Crippen LogP contribution in [0.2, 0.25) is 0 Å². The summed E-state index contributed by atoms with van der Waals surface area (Å²) in [6.07, 6.45) is 0. The molecule has 1 aliphatic heterocycles. The van der Waals surface area contributed by atoms with Gasteiger partial charge >= 0.3 is 0 Å². The molecule has 0 N–H and O–H groups in total. The zero-order chi connectivity index (χ0) is 31.6. The van der Waals surface area contributed by atoms with E-state index in [2.05, 4.69) is 167 Å². The summed E-state index contributed by atoms with van der Waals surface area (Å²) in [5, 5.41) is 2.18. The van der Waals surface area contributed by atoms with Crippen molar-refractivity contribution in [2.75, 3.05) is 4.90 Å². The van der Waals surface area contributed by atoms with Gasteiger partial charge in [-0.15, -0.1) is 0 Å². The van der Waals surface area contributed by atoms with E-state index in [4.69, 9.17) is 9.40 Å². The van der Waals surface area contributed by atoms with Crippen molar-refractivity contribution in [3.05, 3.63) is 170 Å². The monoisotopic (exact) mass is 613 g/mol. The van der Waals surface area contributed by atoms with Crippen LogP contribution in [0.1, 0.15) is 0 Å². The standard InChI is InChI=1S/C43H28BN3O/c1-4-15-29(16-5-1)44-35-23-10-12-25-38(35)46(30-17-6-2-7-18-30)40-28-41-34(27-36(40)44)32-21-14-22-33(42(32)48-41)43-45-37-24-11-13-26-39(37)47(43)31-19-8-3-9-20-31/h1-28H. The molecule has 0 fully saturated rings. The van der Waals surface area contributed by atoms with Crippen molar-refractivity contribution in [2.45, 2.75) is 0 Å². The Hall–Kier alpha value is -6.33. The van der Waals surface area contributed by atoms with E-state index in [1.54, 1.807) is 0 Å². The molecule has 0 saturated heterocycles. The number of rotatable bonds is 4. The van der Waals surface area contributed by atoms with E-state index in [1.165, 1.54) is 22.1 Å². The van der Waals surface area contributed by atoms with Crippen LogP contribution >= 0.6 is 0 Å². The molecule has 7 aromatic carbocycles. The van der Waals surface area contributed by atoms with Gasteiger partial charge < -0.3 is 9.32 Å². The topological polar surface area (TPSA) is 34.2 Å². The van der Waals surface area contributed by atoms with Gasteiger partial charge in [-0.3, -0.25) is 4.57 Å².